The summed E-state index contributed by atoms with van der Waals surface area (Å²) in [7, 11) is 0. The van der Waals surface area contributed by atoms with Crippen molar-refractivity contribution in [3.63, 3.8) is 0 Å². The number of benzene rings is 2. The zero-order chi connectivity index (χ0) is 16.8. The first-order valence-electron chi connectivity index (χ1n) is 7.13. The van der Waals surface area contributed by atoms with E-state index in [9.17, 15) is 20.4 Å². The molecule has 2 aromatic rings. The minimum absolute atomic E-state index is 0.167. The molecule has 1 heterocycles. The van der Waals surface area contributed by atoms with Gasteiger partial charge in [-0.2, -0.15) is 0 Å². The van der Waals surface area contributed by atoms with Gasteiger partial charge >= 0.3 is 0 Å². The van der Waals surface area contributed by atoms with Crippen molar-refractivity contribution in [3.8, 4) is 0 Å². The molecule has 0 unspecified atom stereocenters. The molecular formula is C16H18O7. The predicted molar refractivity (Wildman–Crippen MR) is 79.0 cm³/mol. The molecule has 0 saturated carbocycles. The van der Waals surface area contributed by atoms with Gasteiger partial charge in [0.15, 0.2) is 18.2 Å². The van der Waals surface area contributed by atoms with Crippen LogP contribution in [0, 0.1) is 0 Å². The van der Waals surface area contributed by atoms with Crippen LogP contribution < -0.4 is 0 Å². The molecule has 0 amide bonds. The topological polar surface area (TPSA) is 131 Å². The summed E-state index contributed by atoms with van der Waals surface area (Å²) in [6.45, 7) is 0. The SMILES string of the molecule is OC(O)[C@H]1O[C@H](O)[C@@](O)(c2cccc3ccccc23)[C@@H](O)[C@@H]1O. The third-order valence-electron chi connectivity index (χ3n) is 4.29. The number of hydrogen-bond donors (Lipinski definition) is 6. The normalized spacial score (nSPS) is 34.9. The monoisotopic (exact) mass is 322 g/mol. The smallest absolute Gasteiger partial charge is 0.191 e. The van der Waals surface area contributed by atoms with Gasteiger partial charge in [-0.3, -0.25) is 0 Å². The van der Waals surface area contributed by atoms with Gasteiger partial charge in [-0.25, -0.2) is 0 Å². The third kappa shape index (κ3) is 2.43. The first kappa shape index (κ1) is 16.3. The van der Waals surface area contributed by atoms with Crippen LogP contribution in [0.3, 0.4) is 0 Å². The first-order valence-corrected chi connectivity index (χ1v) is 7.13. The van der Waals surface area contributed by atoms with Crippen LogP contribution in [-0.4, -0.2) is 61.5 Å². The Balaban J connectivity index is 2.13. The Morgan fingerprint density at radius 1 is 0.957 bits per heavy atom. The summed E-state index contributed by atoms with van der Waals surface area (Å²) in [4.78, 5) is 0. The molecule has 0 aliphatic carbocycles. The van der Waals surface area contributed by atoms with E-state index in [1.165, 1.54) is 6.07 Å². The van der Waals surface area contributed by atoms with Crippen molar-refractivity contribution >= 4 is 10.8 Å². The van der Waals surface area contributed by atoms with Crippen molar-refractivity contribution in [2.75, 3.05) is 0 Å². The number of hydrogen-bond acceptors (Lipinski definition) is 7. The van der Waals surface area contributed by atoms with Crippen LogP contribution in [0.25, 0.3) is 10.8 Å². The molecular weight excluding hydrogens is 304 g/mol. The highest BCUT2D eigenvalue weighted by molar-refractivity contribution is 5.86. The Hall–Kier alpha value is -1.58. The van der Waals surface area contributed by atoms with E-state index in [1.807, 2.05) is 0 Å². The van der Waals surface area contributed by atoms with Gasteiger partial charge in [-0.15, -0.1) is 0 Å². The van der Waals surface area contributed by atoms with Gasteiger partial charge in [0.1, 0.15) is 18.3 Å². The number of ether oxygens (including phenoxy) is 1. The van der Waals surface area contributed by atoms with Crippen molar-refractivity contribution in [1.82, 2.24) is 0 Å². The number of rotatable bonds is 2. The molecule has 6 N–H and O–H groups in total. The molecule has 0 bridgehead atoms. The van der Waals surface area contributed by atoms with E-state index in [-0.39, 0.29) is 5.56 Å². The molecule has 1 aliphatic heterocycles. The average Bonchev–Trinajstić information content (AvgIpc) is 2.55. The fourth-order valence-corrected chi connectivity index (χ4v) is 3.03. The molecule has 7 nitrogen and oxygen atoms in total. The third-order valence-corrected chi connectivity index (χ3v) is 4.29. The molecule has 3 rings (SSSR count). The Labute approximate surface area is 131 Å². The summed E-state index contributed by atoms with van der Waals surface area (Å²) in [6, 6.07) is 11.9. The maximum absolute atomic E-state index is 10.9. The van der Waals surface area contributed by atoms with Crippen LogP contribution >= 0.6 is 0 Å². The van der Waals surface area contributed by atoms with E-state index < -0.39 is 36.5 Å². The highest BCUT2D eigenvalue weighted by Crippen LogP contribution is 2.40. The Morgan fingerprint density at radius 3 is 2.30 bits per heavy atom. The molecule has 0 radical (unpaired) electrons. The lowest BCUT2D eigenvalue weighted by Gasteiger charge is -2.47. The van der Waals surface area contributed by atoms with Gasteiger partial charge in [0, 0.05) is 0 Å². The van der Waals surface area contributed by atoms with Crippen molar-refractivity contribution in [3.05, 3.63) is 48.0 Å². The van der Waals surface area contributed by atoms with Crippen LogP contribution in [-0.2, 0) is 10.3 Å². The second-order valence-electron chi connectivity index (χ2n) is 5.65. The molecule has 1 aliphatic rings. The molecule has 124 valence electrons. The second-order valence-corrected chi connectivity index (χ2v) is 5.65. The molecule has 1 fully saturated rings. The fraction of sp³-hybridized carbons (Fsp3) is 0.375. The molecule has 7 heteroatoms. The van der Waals surface area contributed by atoms with Crippen molar-refractivity contribution in [2.24, 2.45) is 0 Å². The largest absolute Gasteiger partial charge is 0.387 e. The van der Waals surface area contributed by atoms with Gasteiger partial charge in [0.25, 0.3) is 0 Å². The highest BCUT2D eigenvalue weighted by atomic mass is 16.7. The minimum Gasteiger partial charge on any atom is -0.387 e. The zero-order valence-electron chi connectivity index (χ0n) is 12.0. The average molecular weight is 322 g/mol. The molecule has 1 saturated heterocycles. The van der Waals surface area contributed by atoms with E-state index in [2.05, 4.69) is 0 Å². The van der Waals surface area contributed by atoms with Crippen LogP contribution in [0.5, 0.6) is 0 Å². The van der Waals surface area contributed by atoms with Crippen LogP contribution in [0.4, 0.5) is 0 Å². The van der Waals surface area contributed by atoms with Gasteiger partial charge in [-0.1, -0.05) is 42.5 Å². The predicted octanol–water partition coefficient (Wildman–Crippen LogP) is -1.22. The lowest BCUT2D eigenvalue weighted by Crippen LogP contribution is -2.66. The summed E-state index contributed by atoms with van der Waals surface area (Å²) in [5, 5.41) is 61.1. The van der Waals surface area contributed by atoms with Crippen LogP contribution in [0.1, 0.15) is 5.56 Å². The van der Waals surface area contributed by atoms with E-state index in [0.717, 1.165) is 5.39 Å². The first-order chi connectivity index (χ1) is 10.9. The zero-order valence-corrected chi connectivity index (χ0v) is 12.0. The molecule has 0 aromatic heterocycles. The molecule has 0 spiro atoms. The minimum atomic E-state index is -2.33. The highest BCUT2D eigenvalue weighted by Gasteiger charge is 2.57. The Bertz CT molecular complexity index is 698. The van der Waals surface area contributed by atoms with Gasteiger partial charge in [-0.05, 0) is 16.3 Å². The van der Waals surface area contributed by atoms with Crippen molar-refractivity contribution < 1.29 is 35.4 Å². The summed E-state index contributed by atoms with van der Waals surface area (Å²) in [5.74, 6) is 0. The van der Waals surface area contributed by atoms with E-state index in [4.69, 9.17) is 14.9 Å². The standard InChI is InChI=1S/C16H18O7/c17-11-12(14(19)20)23-15(21)16(22,13(11)18)10-7-3-5-8-4-1-2-6-9(8)10/h1-7,11-15,17-22H/t11-,12+,13+,15+,16-/m1/s1. The number of aliphatic hydroxyl groups is 6. The van der Waals surface area contributed by atoms with E-state index in [1.54, 1.807) is 36.4 Å². The van der Waals surface area contributed by atoms with Crippen molar-refractivity contribution in [1.29, 1.82) is 0 Å². The van der Waals surface area contributed by atoms with Crippen LogP contribution in [0.2, 0.25) is 0 Å². The molecule has 23 heavy (non-hydrogen) atoms. The fourth-order valence-electron chi connectivity index (χ4n) is 3.03. The second kappa shape index (κ2) is 5.81. The Kier molecular flexibility index (Phi) is 4.11. The maximum Gasteiger partial charge on any atom is 0.191 e. The summed E-state index contributed by atoms with van der Waals surface area (Å²) >= 11 is 0. The van der Waals surface area contributed by atoms with Crippen LogP contribution in [0.15, 0.2) is 42.5 Å². The Morgan fingerprint density at radius 2 is 1.61 bits per heavy atom. The summed E-state index contributed by atoms with van der Waals surface area (Å²) in [5.41, 5.74) is -2.16. The lowest BCUT2D eigenvalue weighted by atomic mass is 9.79. The van der Waals surface area contributed by atoms with Crippen molar-refractivity contribution in [2.45, 2.75) is 36.5 Å². The number of fused-ring (bicyclic) bond motifs is 1. The summed E-state index contributed by atoms with van der Waals surface area (Å²) in [6.07, 6.45) is -9.41. The quantitative estimate of drug-likeness (QED) is 0.382. The van der Waals surface area contributed by atoms with Gasteiger partial charge in [0.05, 0.1) is 0 Å². The summed E-state index contributed by atoms with van der Waals surface area (Å²) < 4.78 is 4.94. The molecule has 2 aromatic carbocycles. The maximum atomic E-state index is 10.9. The molecule has 5 atom stereocenters. The van der Waals surface area contributed by atoms with E-state index >= 15 is 0 Å². The van der Waals surface area contributed by atoms with Gasteiger partial charge < -0.3 is 35.4 Å². The van der Waals surface area contributed by atoms with E-state index in [0.29, 0.717) is 5.39 Å². The lowest BCUT2D eigenvalue weighted by molar-refractivity contribution is -0.356. The van der Waals surface area contributed by atoms with Gasteiger partial charge in [0.2, 0.25) is 0 Å². The number of aliphatic hydroxyl groups excluding tert-OH is 4.